The van der Waals surface area contributed by atoms with Crippen molar-refractivity contribution >= 4 is 34.5 Å². The summed E-state index contributed by atoms with van der Waals surface area (Å²) in [5, 5.41) is 0. The topological polar surface area (TPSA) is 38.0 Å². The van der Waals surface area contributed by atoms with Crippen molar-refractivity contribution in [3.63, 3.8) is 0 Å². The summed E-state index contributed by atoms with van der Waals surface area (Å²) in [6, 6.07) is 3.33. The number of hydrogen-bond donors (Lipinski definition) is 2. The highest BCUT2D eigenvalue weighted by Crippen LogP contribution is 2.38. The number of alkyl halides is 3. The van der Waals surface area contributed by atoms with Crippen LogP contribution in [0, 0.1) is 5.82 Å². The molecule has 0 spiro atoms. The van der Waals surface area contributed by atoms with E-state index in [0.717, 1.165) is 23.5 Å². The molecule has 1 heterocycles. The minimum Gasteiger partial charge on any atom is -0.271 e. The number of halogens is 6. The monoisotopic (exact) mass is 358 g/mol. The van der Waals surface area contributed by atoms with E-state index in [1.54, 1.807) is 0 Å². The highest BCUT2D eigenvalue weighted by molar-refractivity contribution is 7.20. The number of nitrogens with two attached hydrogens (primary N) is 1. The minimum absolute atomic E-state index is 0.208. The van der Waals surface area contributed by atoms with Gasteiger partial charge in [-0.2, -0.15) is 13.2 Å². The lowest BCUT2D eigenvalue weighted by Gasteiger charge is -2.17. The maximum atomic E-state index is 13.6. The lowest BCUT2D eigenvalue weighted by molar-refractivity contribution is -0.140. The maximum absolute atomic E-state index is 13.6. The van der Waals surface area contributed by atoms with Gasteiger partial charge in [-0.1, -0.05) is 29.3 Å². The smallest absolute Gasteiger partial charge is 0.271 e. The molecule has 9 heteroatoms. The summed E-state index contributed by atoms with van der Waals surface area (Å²) in [7, 11) is 0. The molecule has 2 rings (SSSR count). The summed E-state index contributed by atoms with van der Waals surface area (Å²) >= 11 is 12.9. The van der Waals surface area contributed by atoms with Crippen LogP contribution in [0.3, 0.4) is 0 Å². The average Bonchev–Trinajstić information content (AvgIpc) is 2.68. The van der Waals surface area contributed by atoms with Crippen LogP contribution in [-0.4, -0.2) is 0 Å². The molecule has 0 saturated carbocycles. The van der Waals surface area contributed by atoms with Crippen molar-refractivity contribution in [3.05, 3.63) is 55.4 Å². The molecule has 21 heavy (non-hydrogen) atoms. The van der Waals surface area contributed by atoms with Crippen LogP contribution in [0.25, 0.3) is 0 Å². The minimum atomic E-state index is -4.75. The van der Waals surface area contributed by atoms with E-state index in [2.05, 4.69) is 5.43 Å². The van der Waals surface area contributed by atoms with Crippen LogP contribution >= 0.6 is 34.5 Å². The Hall–Kier alpha value is -0.860. The van der Waals surface area contributed by atoms with E-state index in [4.69, 9.17) is 29.0 Å². The van der Waals surface area contributed by atoms with Gasteiger partial charge in [-0.05, 0) is 23.8 Å². The number of rotatable bonds is 3. The van der Waals surface area contributed by atoms with E-state index < -0.39 is 23.6 Å². The third-order valence-electron chi connectivity index (χ3n) is 2.79. The Kier molecular flexibility index (Phi) is 4.79. The fourth-order valence-corrected chi connectivity index (χ4v) is 3.39. The van der Waals surface area contributed by atoms with Crippen LogP contribution in [0.2, 0.25) is 8.67 Å². The largest absolute Gasteiger partial charge is 0.419 e. The van der Waals surface area contributed by atoms with Crippen molar-refractivity contribution in [1.82, 2.24) is 5.43 Å². The zero-order valence-corrected chi connectivity index (χ0v) is 12.5. The Morgan fingerprint density at radius 2 is 1.86 bits per heavy atom. The van der Waals surface area contributed by atoms with Gasteiger partial charge < -0.3 is 0 Å². The summed E-state index contributed by atoms with van der Waals surface area (Å²) in [6.07, 6.45) is -4.75. The second-order valence-corrected chi connectivity index (χ2v) is 6.40. The Balaban J connectivity index is 2.45. The summed E-state index contributed by atoms with van der Waals surface area (Å²) in [4.78, 5) is 0. The second-order valence-electron chi connectivity index (χ2n) is 4.12. The molecule has 0 saturated heterocycles. The van der Waals surface area contributed by atoms with Crippen molar-refractivity contribution in [2.24, 2.45) is 5.84 Å². The summed E-state index contributed by atoms with van der Waals surface area (Å²) in [5.41, 5.74) is 1.73. The van der Waals surface area contributed by atoms with Gasteiger partial charge in [0.1, 0.15) is 5.82 Å². The number of nitrogens with one attached hydrogen (secondary N) is 1. The van der Waals surface area contributed by atoms with Crippen LogP contribution in [0.15, 0.2) is 24.3 Å². The first-order chi connectivity index (χ1) is 9.74. The van der Waals surface area contributed by atoms with Gasteiger partial charge in [0.25, 0.3) is 0 Å². The fraction of sp³-hybridized carbons (Fsp3) is 0.167. The van der Waals surface area contributed by atoms with E-state index in [1.807, 2.05) is 0 Å². The summed E-state index contributed by atoms with van der Waals surface area (Å²) in [5.74, 6) is 4.02. The molecule has 114 valence electrons. The van der Waals surface area contributed by atoms with E-state index >= 15 is 0 Å². The normalized spacial score (nSPS) is 13.5. The maximum Gasteiger partial charge on any atom is 0.419 e. The lowest BCUT2D eigenvalue weighted by Crippen LogP contribution is -2.29. The van der Waals surface area contributed by atoms with Crippen molar-refractivity contribution in [3.8, 4) is 0 Å². The van der Waals surface area contributed by atoms with E-state index in [0.29, 0.717) is 20.3 Å². The quantitative estimate of drug-likeness (QED) is 0.471. The van der Waals surface area contributed by atoms with E-state index in [-0.39, 0.29) is 5.56 Å². The molecule has 0 fully saturated rings. The zero-order valence-electron chi connectivity index (χ0n) is 10.1. The first-order valence-electron chi connectivity index (χ1n) is 5.51. The van der Waals surface area contributed by atoms with Crippen LogP contribution in [-0.2, 0) is 6.18 Å². The third kappa shape index (κ3) is 3.49. The van der Waals surface area contributed by atoms with Gasteiger partial charge in [0.2, 0.25) is 0 Å². The van der Waals surface area contributed by atoms with Crippen LogP contribution in [0.4, 0.5) is 17.6 Å². The van der Waals surface area contributed by atoms with Crippen molar-refractivity contribution in [2.45, 2.75) is 12.2 Å². The van der Waals surface area contributed by atoms with Crippen LogP contribution in [0.1, 0.15) is 22.7 Å². The predicted octanol–water partition coefficient (Wildman–Crippen LogP) is 4.77. The zero-order chi connectivity index (χ0) is 15.8. The molecule has 1 unspecified atom stereocenters. The lowest BCUT2D eigenvalue weighted by atomic mass is 10.00. The highest BCUT2D eigenvalue weighted by atomic mass is 35.5. The first-order valence-corrected chi connectivity index (χ1v) is 7.08. The van der Waals surface area contributed by atoms with Crippen molar-refractivity contribution in [2.75, 3.05) is 0 Å². The molecule has 3 N–H and O–H groups in total. The second kappa shape index (κ2) is 6.10. The Bertz CT molecular complexity index is 657. The predicted molar refractivity (Wildman–Crippen MR) is 74.9 cm³/mol. The molecule has 0 aliphatic heterocycles. The molecule has 1 aromatic heterocycles. The molecule has 0 amide bonds. The van der Waals surface area contributed by atoms with Crippen LogP contribution in [0.5, 0.6) is 0 Å². The summed E-state index contributed by atoms with van der Waals surface area (Å²) < 4.78 is 51.9. The van der Waals surface area contributed by atoms with E-state index in [1.165, 1.54) is 6.07 Å². The van der Waals surface area contributed by atoms with Crippen molar-refractivity contribution < 1.29 is 17.6 Å². The number of hydrazine groups is 1. The molecule has 1 atom stereocenters. The molecular weight excluding hydrogens is 351 g/mol. The Morgan fingerprint density at radius 1 is 1.19 bits per heavy atom. The highest BCUT2D eigenvalue weighted by Gasteiger charge is 2.34. The third-order valence-corrected chi connectivity index (χ3v) is 4.31. The first kappa shape index (κ1) is 16.5. The van der Waals surface area contributed by atoms with Gasteiger partial charge in [-0.25, -0.2) is 9.82 Å². The van der Waals surface area contributed by atoms with Gasteiger partial charge in [0.05, 0.1) is 20.3 Å². The standard InChI is InChI=1S/C12H8Cl2F4N2S/c13-9-4-6(11(14)21-9)10(20-19)5-1-2-7(8(15)3-5)12(16,17)18/h1-4,10,20H,19H2. The molecular formula is C12H8Cl2F4N2S. The average molecular weight is 359 g/mol. The Morgan fingerprint density at radius 3 is 2.29 bits per heavy atom. The van der Waals surface area contributed by atoms with Crippen molar-refractivity contribution in [1.29, 1.82) is 0 Å². The molecule has 1 aromatic carbocycles. The van der Waals surface area contributed by atoms with E-state index in [9.17, 15) is 17.6 Å². The van der Waals surface area contributed by atoms with Crippen LogP contribution < -0.4 is 11.3 Å². The number of benzene rings is 1. The molecule has 2 nitrogen and oxygen atoms in total. The number of thiophene rings is 1. The molecule has 0 aliphatic carbocycles. The molecule has 0 radical (unpaired) electrons. The van der Waals surface area contributed by atoms with Gasteiger partial charge in [0, 0.05) is 5.56 Å². The summed E-state index contributed by atoms with van der Waals surface area (Å²) in [6.45, 7) is 0. The SMILES string of the molecule is NNC(c1ccc(C(F)(F)F)c(F)c1)c1cc(Cl)sc1Cl. The van der Waals surface area contributed by atoms with Gasteiger partial charge in [-0.15, -0.1) is 11.3 Å². The fourth-order valence-electron chi connectivity index (χ4n) is 1.86. The van der Waals surface area contributed by atoms with Gasteiger partial charge in [0.15, 0.2) is 0 Å². The van der Waals surface area contributed by atoms with Gasteiger partial charge in [-0.3, -0.25) is 5.84 Å². The number of hydrogen-bond acceptors (Lipinski definition) is 3. The molecule has 0 aliphatic rings. The van der Waals surface area contributed by atoms with Gasteiger partial charge >= 0.3 is 6.18 Å². The molecule has 0 bridgehead atoms. The molecule has 2 aromatic rings. The Labute approximate surface area is 131 Å².